The van der Waals surface area contributed by atoms with Gasteiger partial charge in [0.15, 0.2) is 0 Å². The zero-order valence-corrected chi connectivity index (χ0v) is 15.2. The number of aliphatic carboxylic acids is 1. The van der Waals surface area contributed by atoms with Crippen molar-refractivity contribution in [2.75, 3.05) is 6.54 Å². The first-order valence-corrected chi connectivity index (χ1v) is 9.93. The summed E-state index contributed by atoms with van der Waals surface area (Å²) in [7, 11) is 0. The first-order valence-electron chi connectivity index (χ1n) is 9.93. The second kappa shape index (κ2) is 7.94. The van der Waals surface area contributed by atoms with Crippen LogP contribution >= 0.6 is 0 Å². The van der Waals surface area contributed by atoms with Crippen LogP contribution in [-0.4, -0.2) is 51.8 Å². The number of carbonyl (C=O) groups is 2. The van der Waals surface area contributed by atoms with Gasteiger partial charge in [-0.1, -0.05) is 6.92 Å². The second-order valence-corrected chi connectivity index (χ2v) is 8.39. The van der Waals surface area contributed by atoms with Crippen LogP contribution in [0.5, 0.6) is 0 Å². The maximum Gasteiger partial charge on any atom is 0.317 e. The van der Waals surface area contributed by atoms with Crippen LogP contribution in [0.2, 0.25) is 0 Å². The highest BCUT2D eigenvalue weighted by molar-refractivity contribution is 5.75. The predicted molar refractivity (Wildman–Crippen MR) is 94.2 cm³/mol. The number of urea groups is 1. The quantitative estimate of drug-likeness (QED) is 0.728. The molecule has 4 unspecified atom stereocenters. The van der Waals surface area contributed by atoms with Gasteiger partial charge in [-0.05, 0) is 63.7 Å². The largest absolute Gasteiger partial charge is 0.481 e. The van der Waals surface area contributed by atoms with Crippen LogP contribution < -0.4 is 5.32 Å². The van der Waals surface area contributed by atoms with Gasteiger partial charge in [-0.2, -0.15) is 0 Å². The molecule has 0 bridgehead atoms. The van der Waals surface area contributed by atoms with Crippen LogP contribution in [0.1, 0.15) is 64.7 Å². The van der Waals surface area contributed by atoms with Crippen molar-refractivity contribution < 1.29 is 19.8 Å². The fraction of sp³-hybridized carbons (Fsp3) is 0.895. The van der Waals surface area contributed by atoms with Gasteiger partial charge in [0, 0.05) is 24.5 Å². The maximum atomic E-state index is 12.8. The minimum Gasteiger partial charge on any atom is -0.481 e. The molecule has 6 nitrogen and oxygen atoms in total. The Bertz CT molecular complexity index is 490. The number of nitrogens with one attached hydrogen (secondary N) is 1. The number of hydrogen-bond donors (Lipinski definition) is 3. The molecular formula is C19H32N2O4. The van der Waals surface area contributed by atoms with E-state index in [-0.39, 0.29) is 36.1 Å². The van der Waals surface area contributed by atoms with Gasteiger partial charge < -0.3 is 20.4 Å². The summed E-state index contributed by atoms with van der Waals surface area (Å²) < 4.78 is 0. The number of carbonyl (C=O) groups excluding carboxylic acids is 1. The Kier molecular flexibility index (Phi) is 5.87. The summed E-state index contributed by atoms with van der Waals surface area (Å²) in [4.78, 5) is 25.8. The molecule has 1 saturated heterocycles. The Balaban J connectivity index is 1.55. The molecule has 0 aromatic rings. The number of nitrogens with zero attached hydrogens (tertiary/aromatic N) is 1. The second-order valence-electron chi connectivity index (χ2n) is 8.39. The Hall–Kier alpha value is -1.30. The van der Waals surface area contributed by atoms with E-state index in [0.29, 0.717) is 18.8 Å². The van der Waals surface area contributed by atoms with Gasteiger partial charge in [-0.25, -0.2) is 4.79 Å². The molecule has 2 aliphatic carbocycles. The first-order chi connectivity index (χ1) is 12.0. The van der Waals surface area contributed by atoms with Gasteiger partial charge in [0.1, 0.15) is 0 Å². The Morgan fingerprint density at radius 3 is 2.44 bits per heavy atom. The van der Waals surface area contributed by atoms with Crippen molar-refractivity contribution in [1.82, 2.24) is 10.2 Å². The molecule has 3 rings (SSSR count). The lowest BCUT2D eigenvalue weighted by atomic mass is 9.76. The molecule has 1 heterocycles. The van der Waals surface area contributed by atoms with Crippen LogP contribution in [0, 0.1) is 17.8 Å². The van der Waals surface area contributed by atoms with E-state index in [4.69, 9.17) is 5.11 Å². The standard InChI is InChI=1S/C19H32N2O4/c1-12-4-9-17(22)15(11-12)16-3-2-10-21(16)19(25)20-14-7-5-13(6-8-14)18(23)24/h12-17,22H,2-11H2,1H3,(H,20,25)(H,23,24). The average molecular weight is 352 g/mol. The van der Waals surface area contributed by atoms with Crippen LogP contribution in [0.3, 0.4) is 0 Å². The zero-order valence-electron chi connectivity index (χ0n) is 15.2. The van der Waals surface area contributed by atoms with E-state index in [0.717, 1.165) is 51.5 Å². The van der Waals surface area contributed by atoms with Crippen molar-refractivity contribution in [3.8, 4) is 0 Å². The van der Waals surface area contributed by atoms with Crippen molar-refractivity contribution in [2.45, 2.75) is 82.9 Å². The SMILES string of the molecule is CC1CCC(O)C(C2CCCN2C(=O)NC2CCC(C(=O)O)CC2)C1. The molecule has 2 saturated carbocycles. The van der Waals surface area contributed by atoms with Crippen LogP contribution in [0.25, 0.3) is 0 Å². The number of aliphatic hydroxyl groups is 1. The molecule has 142 valence electrons. The predicted octanol–water partition coefficient (Wildman–Crippen LogP) is 2.60. The lowest BCUT2D eigenvalue weighted by molar-refractivity contribution is -0.142. The number of rotatable bonds is 3. The fourth-order valence-electron chi connectivity index (χ4n) is 5.05. The third-order valence-electron chi connectivity index (χ3n) is 6.58. The van der Waals surface area contributed by atoms with Crippen LogP contribution in [0.15, 0.2) is 0 Å². The Labute approximate surface area is 150 Å². The molecule has 0 aromatic heterocycles. The Morgan fingerprint density at radius 1 is 1.04 bits per heavy atom. The van der Waals surface area contributed by atoms with Gasteiger partial charge in [-0.3, -0.25) is 4.79 Å². The number of carboxylic acid groups (broad SMARTS) is 1. The van der Waals surface area contributed by atoms with E-state index in [1.165, 1.54) is 0 Å². The summed E-state index contributed by atoms with van der Waals surface area (Å²) >= 11 is 0. The van der Waals surface area contributed by atoms with Gasteiger partial charge in [0.05, 0.1) is 12.0 Å². The monoisotopic (exact) mass is 352 g/mol. The fourth-order valence-corrected chi connectivity index (χ4v) is 5.05. The highest BCUT2D eigenvalue weighted by Gasteiger charge is 2.41. The van der Waals surface area contributed by atoms with Gasteiger partial charge >= 0.3 is 12.0 Å². The number of hydrogen-bond acceptors (Lipinski definition) is 3. The topological polar surface area (TPSA) is 89.9 Å². The summed E-state index contributed by atoms with van der Waals surface area (Å²) in [5.74, 6) is -0.165. The molecule has 2 amide bonds. The van der Waals surface area contributed by atoms with E-state index in [9.17, 15) is 14.7 Å². The van der Waals surface area contributed by atoms with E-state index in [1.54, 1.807) is 0 Å². The summed E-state index contributed by atoms with van der Waals surface area (Å²) in [5, 5.41) is 22.6. The lowest BCUT2D eigenvalue weighted by Gasteiger charge is -2.40. The summed E-state index contributed by atoms with van der Waals surface area (Å²) in [5.41, 5.74) is 0. The molecule has 0 aromatic carbocycles. The average Bonchev–Trinajstić information content (AvgIpc) is 3.07. The molecule has 25 heavy (non-hydrogen) atoms. The van der Waals surface area contributed by atoms with Crippen molar-refractivity contribution in [1.29, 1.82) is 0 Å². The summed E-state index contributed by atoms with van der Waals surface area (Å²) in [6.07, 6.45) is 7.37. The zero-order chi connectivity index (χ0) is 18.0. The molecule has 3 N–H and O–H groups in total. The molecule has 3 fully saturated rings. The highest BCUT2D eigenvalue weighted by atomic mass is 16.4. The van der Waals surface area contributed by atoms with E-state index in [1.807, 2.05) is 4.90 Å². The molecule has 4 atom stereocenters. The van der Waals surface area contributed by atoms with E-state index in [2.05, 4.69) is 12.2 Å². The number of amides is 2. The summed E-state index contributed by atoms with van der Waals surface area (Å²) in [6, 6.07) is 0.208. The number of aliphatic hydroxyl groups excluding tert-OH is 1. The molecule has 6 heteroatoms. The lowest BCUT2D eigenvalue weighted by Crippen LogP contribution is -2.52. The van der Waals surface area contributed by atoms with Crippen LogP contribution in [-0.2, 0) is 4.79 Å². The van der Waals surface area contributed by atoms with Crippen molar-refractivity contribution in [3.05, 3.63) is 0 Å². The normalized spacial score (nSPS) is 39.2. The highest BCUT2D eigenvalue weighted by Crippen LogP contribution is 2.37. The smallest absolute Gasteiger partial charge is 0.317 e. The molecular weight excluding hydrogens is 320 g/mol. The van der Waals surface area contributed by atoms with Gasteiger partial charge in [0.25, 0.3) is 0 Å². The van der Waals surface area contributed by atoms with Crippen molar-refractivity contribution in [3.63, 3.8) is 0 Å². The molecule has 0 radical (unpaired) electrons. The van der Waals surface area contributed by atoms with E-state index >= 15 is 0 Å². The van der Waals surface area contributed by atoms with Crippen molar-refractivity contribution in [2.24, 2.45) is 17.8 Å². The number of likely N-dealkylation sites (tertiary alicyclic amines) is 1. The van der Waals surface area contributed by atoms with Crippen molar-refractivity contribution >= 4 is 12.0 Å². The number of carboxylic acids is 1. The third kappa shape index (κ3) is 4.27. The van der Waals surface area contributed by atoms with Gasteiger partial charge in [-0.15, -0.1) is 0 Å². The Morgan fingerprint density at radius 2 is 1.76 bits per heavy atom. The summed E-state index contributed by atoms with van der Waals surface area (Å²) in [6.45, 7) is 3.00. The molecule has 0 spiro atoms. The first kappa shape index (κ1) is 18.5. The van der Waals surface area contributed by atoms with Crippen LogP contribution in [0.4, 0.5) is 4.79 Å². The third-order valence-corrected chi connectivity index (χ3v) is 6.58. The molecule has 3 aliphatic rings. The minimum atomic E-state index is -0.718. The maximum absolute atomic E-state index is 12.8. The van der Waals surface area contributed by atoms with Gasteiger partial charge in [0.2, 0.25) is 0 Å². The van der Waals surface area contributed by atoms with E-state index < -0.39 is 5.97 Å². The molecule has 1 aliphatic heterocycles. The minimum absolute atomic E-state index is 0.0216.